The second kappa shape index (κ2) is 7.48. The van der Waals surface area contributed by atoms with Crippen molar-refractivity contribution in [3.8, 4) is 0 Å². The van der Waals surface area contributed by atoms with Crippen LogP contribution in [0.15, 0.2) is 18.2 Å². The summed E-state index contributed by atoms with van der Waals surface area (Å²) in [6.45, 7) is 0.869. The third-order valence-electron chi connectivity index (χ3n) is 2.63. The molecule has 0 unspecified atom stereocenters. The van der Waals surface area contributed by atoms with Crippen molar-refractivity contribution in [1.29, 1.82) is 0 Å². The van der Waals surface area contributed by atoms with Gasteiger partial charge in [0.15, 0.2) is 0 Å². The highest BCUT2D eigenvalue weighted by Crippen LogP contribution is 2.10. The molecule has 19 heavy (non-hydrogen) atoms. The van der Waals surface area contributed by atoms with Crippen molar-refractivity contribution in [3.63, 3.8) is 0 Å². The molecule has 1 rings (SSSR count). The molecule has 4 N–H and O–H groups in total. The summed E-state index contributed by atoms with van der Waals surface area (Å²) in [6, 6.07) is 3.69. The number of primary amides is 1. The number of amides is 1. The Kier molecular flexibility index (Phi) is 5.95. The number of unbranched alkanes of at least 4 members (excludes halogenated alkanes) is 1. The zero-order valence-corrected chi connectivity index (χ0v) is 10.5. The molecule has 1 amide bonds. The Morgan fingerprint density at radius 1 is 1.32 bits per heavy atom. The third-order valence-corrected chi connectivity index (χ3v) is 2.63. The van der Waals surface area contributed by atoms with Gasteiger partial charge in [-0.2, -0.15) is 0 Å². The molecule has 0 atom stereocenters. The first-order valence-corrected chi connectivity index (χ1v) is 6.01. The van der Waals surface area contributed by atoms with Crippen molar-refractivity contribution in [3.05, 3.63) is 35.1 Å². The van der Waals surface area contributed by atoms with E-state index in [0.717, 1.165) is 12.5 Å². The van der Waals surface area contributed by atoms with Gasteiger partial charge in [0, 0.05) is 18.5 Å². The van der Waals surface area contributed by atoms with E-state index in [1.165, 1.54) is 12.1 Å². The Labute approximate surface area is 110 Å². The van der Waals surface area contributed by atoms with E-state index in [1.54, 1.807) is 0 Å². The number of carboxylic acid groups (broad SMARTS) is 1. The maximum Gasteiger partial charge on any atom is 0.335 e. The second-order valence-corrected chi connectivity index (χ2v) is 4.21. The van der Waals surface area contributed by atoms with Crippen molar-refractivity contribution in [2.45, 2.75) is 25.8 Å². The van der Waals surface area contributed by atoms with Crippen molar-refractivity contribution in [1.82, 2.24) is 5.32 Å². The van der Waals surface area contributed by atoms with Crippen LogP contribution in [0.25, 0.3) is 0 Å². The van der Waals surface area contributed by atoms with E-state index in [1.807, 2.05) is 0 Å². The molecule has 0 aromatic heterocycles. The molecular weight excluding hydrogens is 251 g/mol. The smallest absolute Gasteiger partial charge is 0.335 e. The average Bonchev–Trinajstić information content (AvgIpc) is 2.34. The lowest BCUT2D eigenvalue weighted by atomic mass is 10.1. The average molecular weight is 268 g/mol. The highest BCUT2D eigenvalue weighted by molar-refractivity contribution is 5.87. The quantitative estimate of drug-likeness (QED) is 0.619. The van der Waals surface area contributed by atoms with Crippen LogP contribution in [0.5, 0.6) is 0 Å². The Hall–Kier alpha value is -1.95. The van der Waals surface area contributed by atoms with Crippen molar-refractivity contribution < 1.29 is 19.1 Å². The summed E-state index contributed by atoms with van der Waals surface area (Å²) in [5, 5.41) is 11.8. The summed E-state index contributed by atoms with van der Waals surface area (Å²) >= 11 is 0. The molecule has 0 spiro atoms. The minimum atomic E-state index is -1.08. The monoisotopic (exact) mass is 268 g/mol. The SMILES string of the molecule is NC(=O)CCCCNCc1cc(C(=O)O)ccc1F. The Morgan fingerprint density at radius 3 is 2.68 bits per heavy atom. The molecule has 0 radical (unpaired) electrons. The van der Waals surface area contributed by atoms with Gasteiger partial charge in [0.05, 0.1) is 5.56 Å². The minimum absolute atomic E-state index is 0.0620. The van der Waals surface area contributed by atoms with E-state index in [9.17, 15) is 14.0 Å². The van der Waals surface area contributed by atoms with Crippen LogP contribution in [0.1, 0.15) is 35.2 Å². The lowest BCUT2D eigenvalue weighted by Crippen LogP contribution is -2.17. The molecule has 6 heteroatoms. The number of carboxylic acids is 1. The normalized spacial score (nSPS) is 10.4. The summed E-state index contributed by atoms with van der Waals surface area (Å²) < 4.78 is 13.4. The zero-order chi connectivity index (χ0) is 14.3. The van der Waals surface area contributed by atoms with Gasteiger partial charge in [0.25, 0.3) is 0 Å². The first kappa shape index (κ1) is 15.1. The molecule has 1 aromatic rings. The van der Waals surface area contributed by atoms with E-state index in [-0.39, 0.29) is 18.0 Å². The molecule has 0 bridgehead atoms. The van der Waals surface area contributed by atoms with E-state index in [4.69, 9.17) is 10.8 Å². The Morgan fingerprint density at radius 2 is 2.05 bits per heavy atom. The predicted octanol–water partition coefficient (Wildman–Crippen LogP) is 1.27. The number of benzene rings is 1. The number of nitrogens with two attached hydrogens (primary N) is 1. The van der Waals surface area contributed by atoms with Crippen molar-refractivity contribution in [2.24, 2.45) is 5.73 Å². The molecule has 0 heterocycles. The van der Waals surface area contributed by atoms with Crippen molar-refractivity contribution >= 4 is 11.9 Å². The predicted molar refractivity (Wildman–Crippen MR) is 68.1 cm³/mol. The molecule has 0 aliphatic heterocycles. The Bertz CT molecular complexity index is 463. The summed E-state index contributed by atoms with van der Waals surface area (Å²) in [5.41, 5.74) is 5.38. The van der Waals surface area contributed by atoms with Gasteiger partial charge >= 0.3 is 5.97 Å². The number of rotatable bonds is 8. The molecule has 5 nitrogen and oxygen atoms in total. The number of halogens is 1. The number of aromatic carboxylic acids is 1. The fourth-order valence-electron chi connectivity index (χ4n) is 1.62. The highest BCUT2D eigenvalue weighted by atomic mass is 19.1. The van der Waals surface area contributed by atoms with Crippen LogP contribution in [0.3, 0.4) is 0 Å². The van der Waals surface area contributed by atoms with E-state index >= 15 is 0 Å². The van der Waals surface area contributed by atoms with Gasteiger partial charge in [-0.3, -0.25) is 4.79 Å². The van der Waals surface area contributed by atoms with Crippen LogP contribution in [-0.2, 0) is 11.3 Å². The number of nitrogens with one attached hydrogen (secondary N) is 1. The molecule has 0 saturated heterocycles. The van der Waals surface area contributed by atoms with Crippen LogP contribution in [0.4, 0.5) is 4.39 Å². The van der Waals surface area contributed by atoms with Crippen LogP contribution in [0, 0.1) is 5.82 Å². The topological polar surface area (TPSA) is 92.4 Å². The molecule has 0 aliphatic rings. The van der Waals surface area contributed by atoms with Crippen molar-refractivity contribution in [2.75, 3.05) is 6.54 Å². The van der Waals surface area contributed by atoms with E-state index in [0.29, 0.717) is 24.9 Å². The largest absolute Gasteiger partial charge is 0.478 e. The molecular formula is C13H17FN2O3. The van der Waals surface area contributed by atoms with Gasteiger partial charge in [-0.25, -0.2) is 9.18 Å². The van der Waals surface area contributed by atoms with E-state index in [2.05, 4.69) is 5.32 Å². The third kappa shape index (κ3) is 5.48. The van der Waals surface area contributed by atoms with Crippen LogP contribution >= 0.6 is 0 Å². The van der Waals surface area contributed by atoms with Crippen LogP contribution in [0.2, 0.25) is 0 Å². The van der Waals surface area contributed by atoms with Gasteiger partial charge in [-0.05, 0) is 37.6 Å². The second-order valence-electron chi connectivity index (χ2n) is 4.21. The first-order chi connectivity index (χ1) is 9.00. The highest BCUT2D eigenvalue weighted by Gasteiger charge is 2.07. The molecule has 104 valence electrons. The maximum absolute atomic E-state index is 13.4. The fourth-order valence-corrected chi connectivity index (χ4v) is 1.62. The molecule has 0 aliphatic carbocycles. The zero-order valence-electron chi connectivity index (χ0n) is 10.5. The summed E-state index contributed by atoms with van der Waals surface area (Å²) in [7, 11) is 0. The molecule has 1 aromatic carbocycles. The van der Waals surface area contributed by atoms with Gasteiger partial charge in [0.1, 0.15) is 5.82 Å². The molecule has 0 fully saturated rings. The summed E-state index contributed by atoms with van der Waals surface area (Å²) in [5.74, 6) is -1.85. The van der Waals surface area contributed by atoms with E-state index < -0.39 is 11.8 Å². The summed E-state index contributed by atoms with van der Waals surface area (Å²) in [4.78, 5) is 21.3. The van der Waals surface area contributed by atoms with Gasteiger partial charge in [0.2, 0.25) is 5.91 Å². The first-order valence-electron chi connectivity index (χ1n) is 6.01. The maximum atomic E-state index is 13.4. The van der Waals surface area contributed by atoms with Gasteiger partial charge in [-0.15, -0.1) is 0 Å². The van der Waals surface area contributed by atoms with Crippen LogP contribution in [-0.4, -0.2) is 23.5 Å². The lowest BCUT2D eigenvalue weighted by Gasteiger charge is -2.06. The summed E-state index contributed by atoms with van der Waals surface area (Å²) in [6.07, 6.45) is 1.77. The number of hydrogen-bond acceptors (Lipinski definition) is 3. The minimum Gasteiger partial charge on any atom is -0.478 e. The standard InChI is InChI=1S/C13H17FN2O3/c14-11-5-4-9(13(18)19)7-10(11)8-16-6-2-1-3-12(15)17/h4-5,7,16H,1-3,6,8H2,(H2,15,17)(H,18,19). The number of carbonyl (C=O) groups excluding carboxylic acids is 1. The number of carbonyl (C=O) groups is 2. The number of hydrogen-bond donors (Lipinski definition) is 3. The molecule has 0 saturated carbocycles. The van der Waals surface area contributed by atoms with Crippen LogP contribution < -0.4 is 11.1 Å². The lowest BCUT2D eigenvalue weighted by molar-refractivity contribution is -0.118. The van der Waals surface area contributed by atoms with Gasteiger partial charge < -0.3 is 16.2 Å². The van der Waals surface area contributed by atoms with Gasteiger partial charge in [-0.1, -0.05) is 0 Å². The fraction of sp³-hybridized carbons (Fsp3) is 0.385. The Balaban J connectivity index is 2.38.